The number of rotatable bonds is 5. The second-order valence-corrected chi connectivity index (χ2v) is 7.01. The monoisotopic (exact) mass is 326 g/mol. The summed E-state index contributed by atoms with van der Waals surface area (Å²) in [5.74, 6) is 5.63. The van der Waals surface area contributed by atoms with Crippen LogP contribution in [-0.2, 0) is 10.0 Å². The van der Waals surface area contributed by atoms with Crippen LogP contribution in [0.2, 0.25) is 0 Å². The van der Waals surface area contributed by atoms with Gasteiger partial charge in [0.25, 0.3) is 5.69 Å². The number of nitrogens with two attached hydrogens (primary N) is 1. The van der Waals surface area contributed by atoms with Crippen LogP contribution in [0, 0.1) is 10.1 Å². The Balaban J connectivity index is 2.39. The van der Waals surface area contributed by atoms with Gasteiger partial charge >= 0.3 is 0 Å². The van der Waals surface area contributed by atoms with E-state index in [1.165, 1.54) is 28.6 Å². The summed E-state index contributed by atoms with van der Waals surface area (Å²) in [5.41, 5.74) is -0.105. The molecule has 8 nitrogen and oxygen atoms in total. The maximum absolute atomic E-state index is 12.8. The first-order valence-corrected chi connectivity index (χ1v) is 8.22. The summed E-state index contributed by atoms with van der Waals surface area (Å²) in [6, 6.07) is 5.81. The third-order valence-corrected chi connectivity index (χ3v) is 5.78. The highest BCUT2D eigenvalue weighted by Crippen LogP contribution is 2.33. The van der Waals surface area contributed by atoms with E-state index in [9.17, 15) is 18.5 Å². The summed E-state index contributed by atoms with van der Waals surface area (Å²) < 4.78 is 26.8. The third-order valence-electron chi connectivity index (χ3n) is 3.61. The van der Waals surface area contributed by atoms with Gasteiger partial charge in [0.1, 0.15) is 5.25 Å². The van der Waals surface area contributed by atoms with Gasteiger partial charge < -0.3 is 0 Å². The summed E-state index contributed by atoms with van der Waals surface area (Å²) in [4.78, 5) is 10.5. The molecule has 1 aromatic carbocycles. The first kappa shape index (κ1) is 16.6. The minimum atomic E-state index is -3.78. The summed E-state index contributed by atoms with van der Waals surface area (Å²) in [6.45, 7) is 4.89. The van der Waals surface area contributed by atoms with Crippen LogP contribution in [-0.4, -0.2) is 48.8 Å². The number of hydrogen-bond acceptors (Lipinski definition) is 6. The molecule has 0 radical (unpaired) electrons. The van der Waals surface area contributed by atoms with E-state index in [0.29, 0.717) is 13.1 Å². The molecule has 1 aliphatic rings. The molecule has 2 N–H and O–H groups in total. The maximum atomic E-state index is 12.8. The Hall–Kier alpha value is -1.81. The number of para-hydroxylation sites is 1. The van der Waals surface area contributed by atoms with Crippen molar-refractivity contribution in [1.82, 2.24) is 9.31 Å². The Morgan fingerprint density at radius 2 is 1.86 bits per heavy atom. The first-order valence-electron chi connectivity index (χ1n) is 6.72. The van der Waals surface area contributed by atoms with Gasteiger partial charge in [0.15, 0.2) is 0 Å². The molecule has 1 fully saturated rings. The second-order valence-electron chi connectivity index (χ2n) is 4.95. The topological polar surface area (TPSA) is 110 Å². The molecule has 1 saturated heterocycles. The Kier molecular flexibility index (Phi) is 4.91. The predicted octanol–water partition coefficient (Wildman–Crippen LogP) is 0.643. The Morgan fingerprint density at radius 3 is 2.41 bits per heavy atom. The lowest BCUT2D eigenvalue weighted by Crippen LogP contribution is -2.51. The zero-order chi connectivity index (χ0) is 16.3. The first-order chi connectivity index (χ1) is 10.4. The minimum absolute atomic E-state index is 0.123. The Bertz CT molecular complexity index is 668. The highest BCUT2D eigenvalue weighted by Gasteiger charge is 2.36. The molecule has 1 atom stereocenters. The van der Waals surface area contributed by atoms with E-state index in [-0.39, 0.29) is 24.3 Å². The molecule has 9 heteroatoms. The molecular formula is C13H18N4O4S. The molecule has 0 amide bonds. The normalized spacial score (nSPS) is 18.8. The fourth-order valence-electron chi connectivity index (χ4n) is 2.42. The molecule has 1 heterocycles. The highest BCUT2D eigenvalue weighted by molar-refractivity contribution is 7.89. The van der Waals surface area contributed by atoms with Crippen LogP contribution in [0.4, 0.5) is 5.69 Å². The Labute approximate surface area is 129 Å². The van der Waals surface area contributed by atoms with Crippen molar-refractivity contribution >= 4 is 15.7 Å². The zero-order valence-electron chi connectivity index (χ0n) is 12.0. The van der Waals surface area contributed by atoms with Crippen LogP contribution in [0.1, 0.15) is 10.8 Å². The van der Waals surface area contributed by atoms with E-state index in [2.05, 4.69) is 6.58 Å². The quantitative estimate of drug-likeness (QED) is 0.368. The number of nitro benzene ring substituents is 1. The van der Waals surface area contributed by atoms with Crippen LogP contribution in [0.3, 0.4) is 0 Å². The van der Waals surface area contributed by atoms with Gasteiger partial charge in [0.2, 0.25) is 10.0 Å². The van der Waals surface area contributed by atoms with Gasteiger partial charge in [-0.25, -0.2) is 13.4 Å². The van der Waals surface area contributed by atoms with Crippen molar-refractivity contribution in [3.8, 4) is 0 Å². The fourth-order valence-corrected chi connectivity index (χ4v) is 4.18. The summed E-state index contributed by atoms with van der Waals surface area (Å²) >= 11 is 0. The van der Waals surface area contributed by atoms with Gasteiger partial charge in [-0.3, -0.25) is 16.0 Å². The molecule has 0 saturated carbocycles. The second kappa shape index (κ2) is 6.53. The third kappa shape index (κ3) is 3.17. The van der Waals surface area contributed by atoms with E-state index < -0.39 is 20.2 Å². The number of sulfonamides is 1. The number of hydrogen-bond donors (Lipinski definition) is 1. The molecule has 22 heavy (non-hydrogen) atoms. The van der Waals surface area contributed by atoms with E-state index in [1.807, 2.05) is 0 Å². The average molecular weight is 326 g/mol. The maximum Gasteiger partial charge on any atom is 0.274 e. The lowest BCUT2D eigenvalue weighted by atomic mass is 10.1. The summed E-state index contributed by atoms with van der Waals surface area (Å²) in [7, 11) is -3.78. The van der Waals surface area contributed by atoms with Crippen molar-refractivity contribution in [3.63, 3.8) is 0 Å². The van der Waals surface area contributed by atoms with E-state index >= 15 is 0 Å². The van der Waals surface area contributed by atoms with Gasteiger partial charge in [-0.15, -0.1) is 6.58 Å². The largest absolute Gasteiger partial charge is 0.274 e. The highest BCUT2D eigenvalue weighted by atomic mass is 32.2. The molecule has 120 valence electrons. The lowest BCUT2D eigenvalue weighted by molar-refractivity contribution is -0.385. The fraction of sp³-hybridized carbons (Fsp3) is 0.385. The molecular weight excluding hydrogens is 308 g/mol. The van der Waals surface area contributed by atoms with Crippen molar-refractivity contribution in [2.45, 2.75) is 5.25 Å². The van der Waals surface area contributed by atoms with Crippen LogP contribution in [0.25, 0.3) is 0 Å². The molecule has 1 aromatic rings. The predicted molar refractivity (Wildman–Crippen MR) is 82.3 cm³/mol. The van der Waals surface area contributed by atoms with E-state index in [0.717, 1.165) is 0 Å². The smallest absolute Gasteiger partial charge is 0.269 e. The summed E-state index contributed by atoms with van der Waals surface area (Å²) in [5, 5.41) is 11.5. The van der Waals surface area contributed by atoms with Gasteiger partial charge in [-0.1, -0.05) is 24.3 Å². The molecule has 1 aliphatic heterocycles. The zero-order valence-corrected chi connectivity index (χ0v) is 12.8. The number of nitro groups is 1. The van der Waals surface area contributed by atoms with Crippen LogP contribution in [0.15, 0.2) is 36.9 Å². The number of hydrazine groups is 1. The Morgan fingerprint density at radius 1 is 1.27 bits per heavy atom. The van der Waals surface area contributed by atoms with Gasteiger partial charge in [0, 0.05) is 32.2 Å². The average Bonchev–Trinajstić information content (AvgIpc) is 2.48. The van der Waals surface area contributed by atoms with E-state index in [4.69, 9.17) is 5.84 Å². The molecule has 0 spiro atoms. The van der Waals surface area contributed by atoms with Crippen molar-refractivity contribution in [1.29, 1.82) is 0 Å². The standard InChI is InChI=1S/C13H18N4O4S/c1-2-13(11-5-3-4-6-12(11)17(18)19)22(20,21)16-9-7-15(14)8-10-16/h2-6,13H,1,7-10,14H2. The molecule has 0 aliphatic carbocycles. The number of benzene rings is 1. The van der Waals surface area contributed by atoms with Crippen LogP contribution < -0.4 is 5.84 Å². The van der Waals surface area contributed by atoms with Crippen LogP contribution >= 0.6 is 0 Å². The van der Waals surface area contributed by atoms with Crippen molar-refractivity contribution in [2.24, 2.45) is 5.84 Å². The number of piperazine rings is 1. The van der Waals surface area contributed by atoms with Gasteiger partial charge in [-0.2, -0.15) is 4.31 Å². The van der Waals surface area contributed by atoms with Gasteiger partial charge in [-0.05, 0) is 0 Å². The SMILES string of the molecule is C=CC(c1ccccc1[N+](=O)[O-])S(=O)(=O)N1CCN(N)CC1. The van der Waals surface area contributed by atoms with Crippen molar-refractivity contribution in [2.75, 3.05) is 26.2 Å². The van der Waals surface area contributed by atoms with Crippen LogP contribution in [0.5, 0.6) is 0 Å². The molecule has 2 rings (SSSR count). The lowest BCUT2D eigenvalue weighted by Gasteiger charge is -2.33. The minimum Gasteiger partial charge on any atom is -0.269 e. The molecule has 0 aromatic heterocycles. The van der Waals surface area contributed by atoms with Crippen molar-refractivity contribution in [3.05, 3.63) is 52.6 Å². The number of nitrogens with zero attached hydrogens (tertiary/aromatic N) is 3. The summed E-state index contributed by atoms with van der Waals surface area (Å²) in [6.07, 6.45) is 1.23. The molecule has 0 bridgehead atoms. The van der Waals surface area contributed by atoms with Gasteiger partial charge in [0.05, 0.1) is 10.5 Å². The molecule has 1 unspecified atom stereocenters. The van der Waals surface area contributed by atoms with Crippen molar-refractivity contribution < 1.29 is 13.3 Å². The van der Waals surface area contributed by atoms with E-state index in [1.54, 1.807) is 11.1 Å².